The smallest absolute Gasteiger partial charge is 0.319 e. The van der Waals surface area contributed by atoms with E-state index in [2.05, 4.69) is 20.6 Å². The van der Waals surface area contributed by atoms with Gasteiger partial charge in [0.2, 0.25) is 0 Å². The maximum Gasteiger partial charge on any atom is 0.319 e. The number of nitrogens with one attached hydrogen (secondary N) is 2. The molecule has 2 N–H and O–H groups in total. The van der Waals surface area contributed by atoms with Gasteiger partial charge in [0.25, 0.3) is 0 Å². The molecular weight excluding hydrogens is 316 g/mol. The number of hydrogen-bond donors (Lipinski definition) is 2. The minimum Gasteiger partial charge on any atom is -0.490 e. The van der Waals surface area contributed by atoms with Crippen molar-refractivity contribution in [3.8, 4) is 5.75 Å². The second kappa shape index (κ2) is 8.46. The molecule has 2 amide bonds. The Kier molecular flexibility index (Phi) is 5.82. The SMILES string of the molecule is C[C@H](Cc1cnccn1)NC(=O)Nc1cccc(OC2CCCC2)c1. The highest BCUT2D eigenvalue weighted by molar-refractivity contribution is 5.89. The molecular formula is C19H24N4O2. The molecule has 1 aliphatic carbocycles. The normalized spacial score (nSPS) is 15.6. The lowest BCUT2D eigenvalue weighted by Gasteiger charge is -2.16. The van der Waals surface area contributed by atoms with Gasteiger partial charge in [-0.3, -0.25) is 9.97 Å². The largest absolute Gasteiger partial charge is 0.490 e. The summed E-state index contributed by atoms with van der Waals surface area (Å²) in [5.41, 5.74) is 1.57. The number of carbonyl (C=O) groups excluding carboxylic acids is 1. The molecule has 1 aromatic carbocycles. The van der Waals surface area contributed by atoms with E-state index in [0.717, 1.165) is 30.0 Å². The predicted molar refractivity (Wildman–Crippen MR) is 96.7 cm³/mol. The van der Waals surface area contributed by atoms with Crippen LogP contribution in [0.15, 0.2) is 42.9 Å². The first-order valence-corrected chi connectivity index (χ1v) is 8.78. The van der Waals surface area contributed by atoms with Gasteiger partial charge in [0.05, 0.1) is 11.8 Å². The lowest BCUT2D eigenvalue weighted by Crippen LogP contribution is -2.37. The van der Waals surface area contributed by atoms with Crippen LogP contribution in [-0.4, -0.2) is 28.1 Å². The second-order valence-electron chi connectivity index (χ2n) is 6.45. The van der Waals surface area contributed by atoms with Gasteiger partial charge in [-0.15, -0.1) is 0 Å². The van der Waals surface area contributed by atoms with Gasteiger partial charge in [0, 0.05) is 42.8 Å². The van der Waals surface area contributed by atoms with Crippen LogP contribution in [-0.2, 0) is 6.42 Å². The standard InChI is InChI=1S/C19H24N4O2/c1-14(11-16-13-20-9-10-21-16)22-19(24)23-15-5-4-8-18(12-15)25-17-6-2-3-7-17/h4-5,8-10,12-14,17H,2-3,6-7,11H2,1H3,(H2,22,23,24)/t14-/m1/s1. The summed E-state index contributed by atoms with van der Waals surface area (Å²) in [6, 6.07) is 7.25. The molecule has 25 heavy (non-hydrogen) atoms. The number of ether oxygens (including phenoxy) is 1. The zero-order valence-electron chi connectivity index (χ0n) is 14.4. The molecule has 2 aromatic rings. The third-order valence-electron chi connectivity index (χ3n) is 4.21. The summed E-state index contributed by atoms with van der Waals surface area (Å²) >= 11 is 0. The first-order valence-electron chi connectivity index (χ1n) is 8.78. The minimum absolute atomic E-state index is 0.0466. The first kappa shape index (κ1) is 17.2. The van der Waals surface area contributed by atoms with E-state index in [0.29, 0.717) is 12.5 Å². The van der Waals surface area contributed by atoms with E-state index in [9.17, 15) is 4.79 Å². The Labute approximate surface area is 148 Å². The van der Waals surface area contributed by atoms with E-state index in [4.69, 9.17) is 4.74 Å². The molecule has 1 saturated carbocycles. The Bertz CT molecular complexity index is 687. The van der Waals surface area contributed by atoms with Crippen molar-refractivity contribution in [1.82, 2.24) is 15.3 Å². The van der Waals surface area contributed by atoms with Crippen molar-refractivity contribution in [3.05, 3.63) is 48.5 Å². The van der Waals surface area contributed by atoms with Crippen molar-refractivity contribution >= 4 is 11.7 Å². The van der Waals surface area contributed by atoms with Gasteiger partial charge in [-0.1, -0.05) is 6.07 Å². The van der Waals surface area contributed by atoms with E-state index in [1.165, 1.54) is 12.8 Å². The summed E-state index contributed by atoms with van der Waals surface area (Å²) in [7, 11) is 0. The molecule has 0 aliphatic heterocycles. The molecule has 0 bridgehead atoms. The molecule has 0 spiro atoms. The highest BCUT2D eigenvalue weighted by Gasteiger charge is 2.16. The number of anilines is 1. The summed E-state index contributed by atoms with van der Waals surface area (Å²) in [5, 5.41) is 5.77. The molecule has 1 heterocycles. The Balaban J connectivity index is 1.50. The number of rotatable bonds is 6. The van der Waals surface area contributed by atoms with Gasteiger partial charge in [-0.25, -0.2) is 4.79 Å². The molecule has 1 atom stereocenters. The van der Waals surface area contributed by atoms with Crippen molar-refractivity contribution in [2.24, 2.45) is 0 Å². The Morgan fingerprint density at radius 1 is 1.32 bits per heavy atom. The van der Waals surface area contributed by atoms with Gasteiger partial charge in [0.15, 0.2) is 0 Å². The number of hydrogen-bond acceptors (Lipinski definition) is 4. The van der Waals surface area contributed by atoms with Gasteiger partial charge in [0.1, 0.15) is 5.75 Å². The van der Waals surface area contributed by atoms with Crippen LogP contribution in [0.3, 0.4) is 0 Å². The van der Waals surface area contributed by atoms with Gasteiger partial charge >= 0.3 is 6.03 Å². The molecule has 6 heteroatoms. The minimum atomic E-state index is -0.241. The van der Waals surface area contributed by atoms with E-state index in [1.54, 1.807) is 18.6 Å². The van der Waals surface area contributed by atoms with E-state index >= 15 is 0 Å². The molecule has 0 unspecified atom stereocenters. The van der Waals surface area contributed by atoms with Crippen molar-refractivity contribution in [2.45, 2.75) is 51.2 Å². The first-order chi connectivity index (χ1) is 12.2. The van der Waals surface area contributed by atoms with Crippen LogP contribution in [0, 0.1) is 0 Å². The monoisotopic (exact) mass is 340 g/mol. The Morgan fingerprint density at radius 2 is 2.16 bits per heavy atom. The molecule has 1 aliphatic rings. The summed E-state index contributed by atoms with van der Waals surface area (Å²) in [4.78, 5) is 20.4. The van der Waals surface area contributed by atoms with Crippen LogP contribution >= 0.6 is 0 Å². The maximum atomic E-state index is 12.2. The zero-order valence-corrected chi connectivity index (χ0v) is 14.4. The molecule has 1 fully saturated rings. The molecule has 0 saturated heterocycles. The fourth-order valence-electron chi connectivity index (χ4n) is 3.04. The van der Waals surface area contributed by atoms with E-state index in [-0.39, 0.29) is 12.1 Å². The number of urea groups is 1. The van der Waals surface area contributed by atoms with Crippen LogP contribution < -0.4 is 15.4 Å². The van der Waals surface area contributed by atoms with Gasteiger partial charge in [-0.05, 0) is 44.7 Å². The summed E-state index contributed by atoms with van der Waals surface area (Å²) < 4.78 is 5.97. The third kappa shape index (κ3) is 5.45. The van der Waals surface area contributed by atoms with Gasteiger partial charge < -0.3 is 15.4 Å². The van der Waals surface area contributed by atoms with Crippen molar-refractivity contribution in [3.63, 3.8) is 0 Å². The zero-order chi connectivity index (χ0) is 17.5. The average Bonchev–Trinajstić information content (AvgIpc) is 3.08. The van der Waals surface area contributed by atoms with Gasteiger partial charge in [-0.2, -0.15) is 0 Å². The lowest BCUT2D eigenvalue weighted by molar-refractivity contribution is 0.210. The summed E-state index contributed by atoms with van der Waals surface area (Å²) in [6.45, 7) is 1.94. The van der Waals surface area contributed by atoms with Crippen molar-refractivity contribution < 1.29 is 9.53 Å². The molecule has 1 aromatic heterocycles. The Morgan fingerprint density at radius 3 is 2.92 bits per heavy atom. The number of amides is 2. The lowest BCUT2D eigenvalue weighted by atomic mass is 10.2. The highest BCUT2D eigenvalue weighted by Crippen LogP contribution is 2.25. The predicted octanol–water partition coefficient (Wildman–Crippen LogP) is 3.55. The topological polar surface area (TPSA) is 76.1 Å². The van der Waals surface area contributed by atoms with Crippen LogP contribution in [0.2, 0.25) is 0 Å². The van der Waals surface area contributed by atoms with Crippen LogP contribution in [0.25, 0.3) is 0 Å². The number of benzene rings is 1. The van der Waals surface area contributed by atoms with Crippen LogP contribution in [0.5, 0.6) is 5.75 Å². The third-order valence-corrected chi connectivity index (χ3v) is 4.21. The number of carbonyl (C=O) groups is 1. The number of nitrogens with zero attached hydrogens (tertiary/aromatic N) is 2. The van der Waals surface area contributed by atoms with Crippen molar-refractivity contribution in [1.29, 1.82) is 0 Å². The van der Waals surface area contributed by atoms with Crippen LogP contribution in [0.4, 0.5) is 10.5 Å². The Hall–Kier alpha value is -2.63. The highest BCUT2D eigenvalue weighted by atomic mass is 16.5. The summed E-state index contributed by atoms with van der Waals surface area (Å²) in [6.07, 6.45) is 10.6. The second-order valence-corrected chi connectivity index (χ2v) is 6.45. The molecule has 132 valence electrons. The molecule has 0 radical (unpaired) electrons. The van der Waals surface area contributed by atoms with Crippen molar-refractivity contribution in [2.75, 3.05) is 5.32 Å². The maximum absolute atomic E-state index is 12.2. The molecule has 3 rings (SSSR count). The summed E-state index contributed by atoms with van der Waals surface area (Å²) in [5.74, 6) is 0.803. The van der Waals surface area contributed by atoms with E-state index < -0.39 is 0 Å². The van der Waals surface area contributed by atoms with E-state index in [1.807, 2.05) is 31.2 Å². The fraction of sp³-hybridized carbons (Fsp3) is 0.421. The fourth-order valence-corrected chi connectivity index (χ4v) is 3.04. The average molecular weight is 340 g/mol. The van der Waals surface area contributed by atoms with Crippen LogP contribution in [0.1, 0.15) is 38.3 Å². The quantitative estimate of drug-likeness (QED) is 0.843. The number of aromatic nitrogens is 2. The molecule has 6 nitrogen and oxygen atoms in total.